The van der Waals surface area contributed by atoms with Crippen molar-refractivity contribution in [1.29, 1.82) is 0 Å². The summed E-state index contributed by atoms with van der Waals surface area (Å²) in [7, 11) is 1.60. The molecule has 0 aliphatic carbocycles. The highest BCUT2D eigenvalue weighted by atomic mass is 35.5. The summed E-state index contributed by atoms with van der Waals surface area (Å²) in [5.74, 6) is -0.667. The Bertz CT molecular complexity index is 1140. The minimum absolute atomic E-state index is 0.0240. The summed E-state index contributed by atoms with van der Waals surface area (Å²) in [4.78, 5) is 40.7. The van der Waals surface area contributed by atoms with Gasteiger partial charge in [0.25, 0.3) is 11.5 Å². The number of esters is 1. The van der Waals surface area contributed by atoms with Gasteiger partial charge in [-0.15, -0.1) is 0 Å². The predicted molar refractivity (Wildman–Crippen MR) is 111 cm³/mol. The Morgan fingerprint density at radius 2 is 1.90 bits per heavy atom. The monoisotopic (exact) mass is 433 g/mol. The number of rotatable bonds is 6. The third-order valence-corrected chi connectivity index (χ3v) is 5.04. The van der Waals surface area contributed by atoms with Crippen LogP contribution in [0.25, 0.3) is 10.9 Å². The standard InChI is InChI=1S/C20H17Cl2N3O4/c1-25-16(23-14-7-3-2-5-12(14)20(25)28)9-10-18(27)29-11-17(26)24-15-8-4-6-13(21)19(15)22/h2-8H,9-11H2,1H3,(H,24,26). The molecule has 0 radical (unpaired) electrons. The molecule has 2 aromatic carbocycles. The summed E-state index contributed by atoms with van der Waals surface area (Å²) in [6.45, 7) is -0.467. The van der Waals surface area contributed by atoms with Crippen molar-refractivity contribution in [2.75, 3.05) is 11.9 Å². The summed E-state index contributed by atoms with van der Waals surface area (Å²) in [6.07, 6.45) is 0.182. The van der Waals surface area contributed by atoms with Gasteiger partial charge < -0.3 is 10.1 Å². The fourth-order valence-corrected chi connectivity index (χ4v) is 3.05. The molecule has 1 amide bonds. The molecule has 3 rings (SSSR count). The number of para-hydroxylation sites is 1. The van der Waals surface area contributed by atoms with Crippen LogP contribution in [0.2, 0.25) is 10.0 Å². The topological polar surface area (TPSA) is 90.3 Å². The Hall–Kier alpha value is -2.90. The van der Waals surface area contributed by atoms with Crippen LogP contribution in [0.15, 0.2) is 47.3 Å². The molecule has 0 spiro atoms. The fraction of sp³-hybridized carbons (Fsp3) is 0.200. The minimum atomic E-state index is -0.584. The first kappa shape index (κ1) is 20.8. The molecule has 1 aromatic heterocycles. The SMILES string of the molecule is Cn1c(CCC(=O)OCC(=O)Nc2cccc(Cl)c2Cl)nc2ccccc2c1=O. The van der Waals surface area contributed by atoms with Crippen molar-refractivity contribution in [3.63, 3.8) is 0 Å². The second kappa shape index (κ2) is 9.07. The van der Waals surface area contributed by atoms with Crippen molar-refractivity contribution < 1.29 is 14.3 Å². The number of hydrogen-bond donors (Lipinski definition) is 1. The maximum Gasteiger partial charge on any atom is 0.306 e. The molecule has 0 unspecified atom stereocenters. The molecular formula is C20H17Cl2N3O4. The normalized spacial score (nSPS) is 10.7. The zero-order valence-electron chi connectivity index (χ0n) is 15.4. The maximum absolute atomic E-state index is 12.4. The molecule has 0 saturated carbocycles. The van der Waals surface area contributed by atoms with Crippen LogP contribution >= 0.6 is 23.2 Å². The largest absolute Gasteiger partial charge is 0.456 e. The number of hydrogen-bond acceptors (Lipinski definition) is 5. The van der Waals surface area contributed by atoms with Gasteiger partial charge >= 0.3 is 5.97 Å². The van der Waals surface area contributed by atoms with E-state index in [4.69, 9.17) is 27.9 Å². The Kier molecular flexibility index (Phi) is 6.51. The van der Waals surface area contributed by atoms with Gasteiger partial charge in [0.05, 0.1) is 33.1 Å². The Morgan fingerprint density at radius 1 is 1.14 bits per heavy atom. The van der Waals surface area contributed by atoms with E-state index < -0.39 is 18.5 Å². The molecule has 7 nitrogen and oxygen atoms in total. The second-order valence-corrected chi connectivity index (χ2v) is 7.00. The number of halogens is 2. The van der Waals surface area contributed by atoms with Crippen LogP contribution in [0.3, 0.4) is 0 Å². The van der Waals surface area contributed by atoms with Crippen molar-refractivity contribution in [3.8, 4) is 0 Å². The summed E-state index contributed by atoms with van der Waals surface area (Å²) in [5, 5.41) is 3.54. The lowest BCUT2D eigenvalue weighted by Crippen LogP contribution is -2.24. The molecule has 0 atom stereocenters. The minimum Gasteiger partial charge on any atom is -0.456 e. The Labute approximate surface area is 176 Å². The molecule has 0 saturated heterocycles. The van der Waals surface area contributed by atoms with E-state index in [-0.39, 0.29) is 23.4 Å². The van der Waals surface area contributed by atoms with E-state index in [9.17, 15) is 14.4 Å². The van der Waals surface area contributed by atoms with Crippen molar-refractivity contribution in [2.45, 2.75) is 12.8 Å². The van der Waals surface area contributed by atoms with E-state index in [2.05, 4.69) is 10.3 Å². The van der Waals surface area contributed by atoms with E-state index in [1.54, 1.807) is 49.5 Å². The van der Waals surface area contributed by atoms with Crippen LogP contribution < -0.4 is 10.9 Å². The van der Waals surface area contributed by atoms with Gasteiger partial charge in [0.15, 0.2) is 6.61 Å². The van der Waals surface area contributed by atoms with Gasteiger partial charge in [-0.05, 0) is 24.3 Å². The highest BCUT2D eigenvalue weighted by Crippen LogP contribution is 2.29. The number of carbonyl (C=O) groups is 2. The third-order valence-electron chi connectivity index (χ3n) is 4.22. The van der Waals surface area contributed by atoms with E-state index >= 15 is 0 Å². The number of nitrogens with one attached hydrogen (secondary N) is 1. The van der Waals surface area contributed by atoms with Crippen LogP contribution in [-0.4, -0.2) is 28.0 Å². The molecule has 150 valence electrons. The van der Waals surface area contributed by atoms with Crippen LogP contribution in [0.1, 0.15) is 12.2 Å². The summed E-state index contributed by atoms with van der Waals surface area (Å²) in [5.41, 5.74) is 0.712. The third kappa shape index (κ3) is 4.93. The second-order valence-electron chi connectivity index (χ2n) is 6.22. The smallest absolute Gasteiger partial charge is 0.306 e. The molecule has 0 aliphatic rings. The molecule has 0 bridgehead atoms. The van der Waals surface area contributed by atoms with E-state index in [1.165, 1.54) is 4.57 Å². The number of carbonyl (C=O) groups excluding carboxylic acids is 2. The molecule has 1 heterocycles. The molecule has 3 aromatic rings. The zero-order chi connectivity index (χ0) is 21.0. The van der Waals surface area contributed by atoms with Gasteiger partial charge in [-0.1, -0.05) is 41.4 Å². The van der Waals surface area contributed by atoms with E-state index in [1.807, 2.05) is 0 Å². The molecular weight excluding hydrogens is 417 g/mol. The number of ether oxygens (including phenoxy) is 1. The van der Waals surface area contributed by atoms with Gasteiger partial charge in [-0.2, -0.15) is 0 Å². The molecule has 1 N–H and O–H groups in total. The van der Waals surface area contributed by atoms with Crippen LogP contribution in [0, 0.1) is 0 Å². The van der Waals surface area contributed by atoms with Crippen LogP contribution in [-0.2, 0) is 27.8 Å². The molecule has 29 heavy (non-hydrogen) atoms. The lowest BCUT2D eigenvalue weighted by molar-refractivity contribution is -0.147. The number of amides is 1. The average molecular weight is 434 g/mol. The fourth-order valence-electron chi connectivity index (χ4n) is 2.71. The predicted octanol–water partition coefficient (Wildman–Crippen LogP) is 3.35. The Balaban J connectivity index is 1.56. The first-order valence-corrected chi connectivity index (χ1v) is 9.46. The first-order valence-electron chi connectivity index (χ1n) is 8.71. The molecule has 0 fully saturated rings. The first-order chi connectivity index (χ1) is 13.9. The summed E-state index contributed by atoms with van der Waals surface area (Å²) >= 11 is 11.9. The van der Waals surface area contributed by atoms with Crippen molar-refractivity contribution in [2.24, 2.45) is 7.05 Å². The summed E-state index contributed by atoms with van der Waals surface area (Å²) < 4.78 is 6.39. The van der Waals surface area contributed by atoms with Crippen LogP contribution in [0.4, 0.5) is 5.69 Å². The quantitative estimate of drug-likeness (QED) is 0.601. The van der Waals surface area contributed by atoms with Gasteiger partial charge in [0.2, 0.25) is 0 Å². The number of aryl methyl sites for hydroxylation is 1. The maximum atomic E-state index is 12.4. The van der Waals surface area contributed by atoms with E-state index in [0.29, 0.717) is 27.4 Å². The number of aromatic nitrogens is 2. The van der Waals surface area contributed by atoms with E-state index in [0.717, 1.165) is 0 Å². The van der Waals surface area contributed by atoms with Gasteiger partial charge in [-0.25, -0.2) is 4.98 Å². The lowest BCUT2D eigenvalue weighted by atomic mass is 10.2. The number of nitrogens with zero attached hydrogens (tertiary/aromatic N) is 2. The van der Waals surface area contributed by atoms with Crippen molar-refractivity contribution in [3.05, 3.63) is 68.7 Å². The zero-order valence-corrected chi connectivity index (χ0v) is 17.0. The average Bonchev–Trinajstić information content (AvgIpc) is 2.71. The summed E-state index contributed by atoms with van der Waals surface area (Å²) in [6, 6.07) is 11.8. The molecule has 9 heteroatoms. The van der Waals surface area contributed by atoms with Crippen molar-refractivity contribution >= 4 is 51.7 Å². The van der Waals surface area contributed by atoms with Gasteiger partial charge in [0.1, 0.15) is 5.82 Å². The number of anilines is 1. The number of fused-ring (bicyclic) bond motifs is 1. The molecule has 0 aliphatic heterocycles. The lowest BCUT2D eigenvalue weighted by Gasteiger charge is -2.10. The Morgan fingerprint density at radius 3 is 2.69 bits per heavy atom. The van der Waals surface area contributed by atoms with Gasteiger partial charge in [0, 0.05) is 13.5 Å². The van der Waals surface area contributed by atoms with Crippen molar-refractivity contribution in [1.82, 2.24) is 9.55 Å². The van der Waals surface area contributed by atoms with Crippen LogP contribution in [0.5, 0.6) is 0 Å². The highest BCUT2D eigenvalue weighted by Gasteiger charge is 2.13. The number of benzene rings is 2. The van der Waals surface area contributed by atoms with Gasteiger partial charge in [-0.3, -0.25) is 19.0 Å². The highest BCUT2D eigenvalue weighted by molar-refractivity contribution is 6.44.